The van der Waals surface area contributed by atoms with Gasteiger partial charge in [-0.2, -0.15) is 0 Å². The van der Waals surface area contributed by atoms with Crippen molar-refractivity contribution in [3.05, 3.63) is 48.0 Å². The third-order valence-electron chi connectivity index (χ3n) is 3.83. The molecule has 0 spiro atoms. The lowest BCUT2D eigenvalue weighted by Gasteiger charge is -2.14. The smallest absolute Gasteiger partial charge is 0.240 e. The minimum Gasteiger partial charge on any atom is -0.493 e. The minimum atomic E-state index is -3.43. The number of benzene rings is 2. The summed E-state index contributed by atoms with van der Waals surface area (Å²) in [5.74, 6) is 1.82. The second kappa shape index (κ2) is 11.1. The van der Waals surface area contributed by atoms with Gasteiger partial charge in [-0.25, -0.2) is 13.1 Å². The number of nitrogens with zero attached hydrogens (tertiary/aromatic N) is 1. The van der Waals surface area contributed by atoms with Gasteiger partial charge in [-0.05, 0) is 36.9 Å². The standard InChI is InChI=1S/C18H24N4O4S.HI/c1-19-18(22-14-7-10-16(25-3)17(11-14)26-4)21-12-13-5-8-15(9-6-13)27(23,24)20-2;/h5-11,20H,12H2,1-4H3,(H2,19,21,22);1H. The molecule has 0 radical (unpaired) electrons. The number of methoxy groups -OCH3 is 2. The fourth-order valence-corrected chi connectivity index (χ4v) is 3.05. The highest BCUT2D eigenvalue weighted by atomic mass is 127. The van der Waals surface area contributed by atoms with Gasteiger partial charge in [-0.1, -0.05) is 12.1 Å². The van der Waals surface area contributed by atoms with Crippen LogP contribution < -0.4 is 24.8 Å². The summed E-state index contributed by atoms with van der Waals surface area (Å²) < 4.78 is 36.3. The molecule has 2 rings (SSSR count). The average molecular weight is 520 g/mol. The lowest BCUT2D eigenvalue weighted by atomic mass is 10.2. The van der Waals surface area contributed by atoms with E-state index in [-0.39, 0.29) is 28.9 Å². The molecule has 2 aromatic rings. The molecule has 28 heavy (non-hydrogen) atoms. The van der Waals surface area contributed by atoms with Crippen LogP contribution in [-0.4, -0.2) is 42.7 Å². The molecule has 0 aliphatic rings. The number of halogens is 1. The van der Waals surface area contributed by atoms with E-state index in [1.54, 1.807) is 51.6 Å². The zero-order valence-electron chi connectivity index (χ0n) is 16.1. The molecule has 0 aliphatic heterocycles. The molecular weight excluding hydrogens is 495 g/mol. The van der Waals surface area contributed by atoms with Crippen LogP contribution >= 0.6 is 24.0 Å². The van der Waals surface area contributed by atoms with Gasteiger partial charge in [0.1, 0.15) is 0 Å². The number of hydrogen-bond donors (Lipinski definition) is 3. The quantitative estimate of drug-likeness (QED) is 0.295. The highest BCUT2D eigenvalue weighted by Crippen LogP contribution is 2.29. The normalized spacial score (nSPS) is 11.4. The van der Waals surface area contributed by atoms with Crippen molar-refractivity contribution < 1.29 is 17.9 Å². The summed E-state index contributed by atoms with van der Waals surface area (Å²) in [5, 5.41) is 6.34. The van der Waals surface area contributed by atoms with Gasteiger partial charge < -0.3 is 20.1 Å². The van der Waals surface area contributed by atoms with Crippen LogP contribution in [0, 0.1) is 0 Å². The molecule has 0 heterocycles. The number of rotatable bonds is 7. The van der Waals surface area contributed by atoms with Gasteiger partial charge in [0.2, 0.25) is 10.0 Å². The molecule has 3 N–H and O–H groups in total. The lowest BCUT2D eigenvalue weighted by molar-refractivity contribution is 0.355. The van der Waals surface area contributed by atoms with Gasteiger partial charge in [0.25, 0.3) is 0 Å². The summed E-state index contributed by atoms with van der Waals surface area (Å²) in [5.41, 5.74) is 1.71. The second-order valence-electron chi connectivity index (χ2n) is 5.47. The van der Waals surface area contributed by atoms with E-state index in [0.717, 1.165) is 11.3 Å². The van der Waals surface area contributed by atoms with E-state index in [1.807, 2.05) is 12.1 Å². The Bertz CT molecular complexity index is 902. The highest BCUT2D eigenvalue weighted by molar-refractivity contribution is 14.0. The van der Waals surface area contributed by atoms with Crippen LogP contribution in [0.3, 0.4) is 0 Å². The monoisotopic (exact) mass is 520 g/mol. The molecule has 0 saturated heterocycles. The van der Waals surface area contributed by atoms with Crippen LogP contribution in [0.4, 0.5) is 5.69 Å². The largest absolute Gasteiger partial charge is 0.493 e. The fraction of sp³-hybridized carbons (Fsp3) is 0.278. The van der Waals surface area contributed by atoms with Gasteiger partial charge in [-0.3, -0.25) is 4.99 Å². The molecule has 0 unspecified atom stereocenters. The van der Waals surface area contributed by atoms with Crippen molar-refractivity contribution in [3.8, 4) is 11.5 Å². The molecule has 8 nitrogen and oxygen atoms in total. The van der Waals surface area contributed by atoms with Crippen molar-refractivity contribution in [1.82, 2.24) is 10.0 Å². The summed E-state index contributed by atoms with van der Waals surface area (Å²) in [6.07, 6.45) is 0. The van der Waals surface area contributed by atoms with E-state index in [0.29, 0.717) is 24.0 Å². The van der Waals surface area contributed by atoms with Crippen LogP contribution in [0.1, 0.15) is 5.56 Å². The van der Waals surface area contributed by atoms with Crippen LogP contribution in [0.2, 0.25) is 0 Å². The van der Waals surface area contributed by atoms with Gasteiger partial charge in [-0.15, -0.1) is 24.0 Å². The first kappa shape index (κ1) is 24.0. The van der Waals surface area contributed by atoms with E-state index >= 15 is 0 Å². The first-order valence-corrected chi connectivity index (χ1v) is 9.64. The van der Waals surface area contributed by atoms with Crippen molar-refractivity contribution in [2.45, 2.75) is 11.4 Å². The number of guanidine groups is 1. The number of nitrogens with one attached hydrogen (secondary N) is 3. The molecule has 10 heteroatoms. The Hall–Kier alpha value is -2.05. The SMILES string of the molecule is CN=C(NCc1ccc(S(=O)(=O)NC)cc1)Nc1ccc(OC)c(OC)c1.I. The van der Waals surface area contributed by atoms with Crippen LogP contribution in [-0.2, 0) is 16.6 Å². The lowest BCUT2D eigenvalue weighted by Crippen LogP contribution is -2.30. The summed E-state index contributed by atoms with van der Waals surface area (Å²) in [4.78, 5) is 4.41. The van der Waals surface area contributed by atoms with E-state index in [4.69, 9.17) is 9.47 Å². The number of hydrogen-bond acceptors (Lipinski definition) is 5. The van der Waals surface area contributed by atoms with Crippen molar-refractivity contribution in [2.75, 3.05) is 33.6 Å². The Morgan fingerprint density at radius 3 is 2.21 bits per heavy atom. The molecule has 0 atom stereocenters. The first-order chi connectivity index (χ1) is 12.9. The summed E-state index contributed by atoms with van der Waals surface area (Å²) in [6, 6.07) is 12.1. The molecule has 0 aliphatic carbocycles. The Morgan fingerprint density at radius 1 is 1.04 bits per heavy atom. The topological polar surface area (TPSA) is 101 Å². The van der Waals surface area contributed by atoms with E-state index in [1.165, 1.54) is 7.05 Å². The van der Waals surface area contributed by atoms with E-state index in [2.05, 4.69) is 20.3 Å². The Kier molecular flexibility index (Phi) is 9.49. The van der Waals surface area contributed by atoms with Crippen molar-refractivity contribution >= 4 is 45.6 Å². The third-order valence-corrected chi connectivity index (χ3v) is 5.26. The number of ether oxygens (including phenoxy) is 2. The molecule has 2 aromatic carbocycles. The van der Waals surface area contributed by atoms with Crippen molar-refractivity contribution in [1.29, 1.82) is 0 Å². The summed E-state index contributed by atoms with van der Waals surface area (Å²) in [6.45, 7) is 0.479. The van der Waals surface area contributed by atoms with E-state index in [9.17, 15) is 8.42 Å². The maximum absolute atomic E-state index is 11.8. The highest BCUT2D eigenvalue weighted by Gasteiger charge is 2.10. The van der Waals surface area contributed by atoms with Gasteiger partial charge >= 0.3 is 0 Å². The predicted octanol–water partition coefficient (Wildman–Crippen LogP) is 2.42. The number of anilines is 1. The maximum atomic E-state index is 11.8. The molecule has 0 fully saturated rings. The zero-order chi connectivity index (χ0) is 19.9. The summed E-state index contributed by atoms with van der Waals surface area (Å²) in [7, 11) is 2.77. The first-order valence-electron chi connectivity index (χ1n) is 8.15. The van der Waals surface area contributed by atoms with Crippen LogP contribution in [0.25, 0.3) is 0 Å². The molecule has 0 bridgehead atoms. The molecule has 0 amide bonds. The third kappa shape index (κ3) is 6.24. The second-order valence-corrected chi connectivity index (χ2v) is 7.36. The molecular formula is C18H25IN4O4S. The molecule has 154 valence electrons. The predicted molar refractivity (Wildman–Crippen MR) is 121 cm³/mol. The zero-order valence-corrected chi connectivity index (χ0v) is 19.3. The number of sulfonamides is 1. The van der Waals surface area contributed by atoms with Gasteiger partial charge in [0, 0.05) is 25.3 Å². The fourth-order valence-electron chi connectivity index (χ4n) is 2.32. The molecule has 0 saturated carbocycles. The minimum absolute atomic E-state index is 0. The molecule has 0 aromatic heterocycles. The number of aliphatic imine (C=N–C) groups is 1. The Balaban J connectivity index is 0.00000392. The maximum Gasteiger partial charge on any atom is 0.240 e. The van der Waals surface area contributed by atoms with Crippen molar-refractivity contribution in [3.63, 3.8) is 0 Å². The van der Waals surface area contributed by atoms with Gasteiger partial charge in [0.05, 0.1) is 19.1 Å². The van der Waals surface area contributed by atoms with Crippen LogP contribution in [0.15, 0.2) is 52.4 Å². The van der Waals surface area contributed by atoms with E-state index < -0.39 is 10.0 Å². The van der Waals surface area contributed by atoms with Crippen LogP contribution in [0.5, 0.6) is 11.5 Å². The summed E-state index contributed by atoms with van der Waals surface area (Å²) >= 11 is 0. The Labute approximate surface area is 182 Å². The average Bonchev–Trinajstić information content (AvgIpc) is 2.71. The van der Waals surface area contributed by atoms with Crippen molar-refractivity contribution in [2.24, 2.45) is 4.99 Å². The Morgan fingerprint density at radius 2 is 1.68 bits per heavy atom. The van der Waals surface area contributed by atoms with Gasteiger partial charge in [0.15, 0.2) is 17.5 Å².